The number of fused-ring (bicyclic) bond motifs is 2. The van der Waals surface area contributed by atoms with Crippen molar-refractivity contribution in [1.29, 1.82) is 0 Å². The second-order valence-corrected chi connectivity index (χ2v) is 5.87. The molecule has 0 unspecified atom stereocenters. The Labute approximate surface area is 98.5 Å². The Morgan fingerprint density at radius 2 is 2.50 bits per heavy atom. The van der Waals surface area contributed by atoms with Crippen molar-refractivity contribution >= 4 is 17.2 Å². The summed E-state index contributed by atoms with van der Waals surface area (Å²) in [4.78, 5) is 17.1. The highest BCUT2D eigenvalue weighted by atomic mass is 32.1. The summed E-state index contributed by atoms with van der Waals surface area (Å²) in [6.07, 6.45) is 5.26. The summed E-state index contributed by atoms with van der Waals surface area (Å²) < 4.78 is 0. The Kier molecular flexibility index (Phi) is 2.44. The Bertz CT molecular complexity index is 417. The molecule has 1 aromatic rings. The first-order valence-corrected chi connectivity index (χ1v) is 6.53. The molecule has 3 rings (SSSR count). The first-order chi connectivity index (χ1) is 7.72. The molecule has 2 aliphatic heterocycles. The van der Waals surface area contributed by atoms with Crippen molar-refractivity contribution in [2.75, 3.05) is 0 Å². The minimum atomic E-state index is -0.0163. The van der Waals surface area contributed by atoms with E-state index in [0.29, 0.717) is 23.1 Å². The number of carbonyl (C=O) groups excluding carboxylic acids is 1. The van der Waals surface area contributed by atoms with Crippen molar-refractivity contribution in [2.45, 2.75) is 44.3 Å². The number of hydrogen-bond donors (Lipinski definition) is 2. The molecule has 0 saturated carbocycles. The minimum absolute atomic E-state index is 0.0163. The third kappa shape index (κ3) is 1.74. The van der Waals surface area contributed by atoms with Gasteiger partial charge in [-0.3, -0.25) is 4.79 Å². The Hall–Kier alpha value is -0.940. The average molecular weight is 237 g/mol. The van der Waals surface area contributed by atoms with Gasteiger partial charge in [0.2, 0.25) is 0 Å². The molecular formula is C11H15N3OS. The largest absolute Gasteiger partial charge is 0.346 e. The number of nitrogens with one attached hydrogen (secondary N) is 2. The lowest BCUT2D eigenvalue weighted by molar-refractivity contribution is 0.0930. The Morgan fingerprint density at radius 1 is 1.62 bits per heavy atom. The van der Waals surface area contributed by atoms with E-state index in [1.807, 2.05) is 6.92 Å². The summed E-state index contributed by atoms with van der Waals surface area (Å²) in [6, 6.07) is 1.40. The van der Waals surface area contributed by atoms with Crippen LogP contribution >= 0.6 is 11.3 Å². The zero-order chi connectivity index (χ0) is 11.1. The van der Waals surface area contributed by atoms with Crippen LogP contribution in [0.2, 0.25) is 0 Å². The SMILES string of the molecule is Cc1cnc(C(=O)N[C@@H]2C[C@H]3CC[C@@H]2N3)s1. The van der Waals surface area contributed by atoms with Crippen LogP contribution in [0.5, 0.6) is 0 Å². The molecule has 86 valence electrons. The molecule has 3 heterocycles. The van der Waals surface area contributed by atoms with Crippen molar-refractivity contribution < 1.29 is 4.79 Å². The number of thiazole rings is 1. The normalized spacial score (nSPS) is 31.9. The van der Waals surface area contributed by atoms with Crippen LogP contribution in [0.1, 0.15) is 33.9 Å². The van der Waals surface area contributed by atoms with E-state index < -0.39 is 0 Å². The summed E-state index contributed by atoms with van der Waals surface area (Å²) in [5.74, 6) is -0.0163. The smallest absolute Gasteiger partial charge is 0.280 e. The molecule has 2 aliphatic rings. The molecule has 0 aliphatic carbocycles. The van der Waals surface area contributed by atoms with Crippen molar-refractivity contribution in [2.24, 2.45) is 0 Å². The van der Waals surface area contributed by atoms with Crippen LogP contribution in [0.15, 0.2) is 6.20 Å². The molecule has 0 spiro atoms. The molecule has 2 fully saturated rings. The van der Waals surface area contributed by atoms with Gasteiger partial charge >= 0.3 is 0 Å². The van der Waals surface area contributed by atoms with E-state index >= 15 is 0 Å². The van der Waals surface area contributed by atoms with Crippen molar-refractivity contribution in [3.8, 4) is 0 Å². The standard InChI is InChI=1S/C11H15N3OS/c1-6-5-12-11(16-6)10(15)14-9-4-7-2-3-8(9)13-7/h5,7-9,13H,2-4H2,1H3,(H,14,15)/t7-,8+,9-/m1/s1. The van der Waals surface area contributed by atoms with E-state index in [1.54, 1.807) is 6.20 Å². The van der Waals surface area contributed by atoms with Crippen LogP contribution in [0.25, 0.3) is 0 Å². The van der Waals surface area contributed by atoms with E-state index in [9.17, 15) is 4.79 Å². The highest BCUT2D eigenvalue weighted by Crippen LogP contribution is 2.28. The predicted molar refractivity (Wildman–Crippen MR) is 62.7 cm³/mol. The van der Waals surface area contributed by atoms with Gasteiger partial charge in [0.05, 0.1) is 0 Å². The first kappa shape index (κ1) is 10.2. The number of nitrogens with zero attached hydrogens (tertiary/aromatic N) is 1. The van der Waals surface area contributed by atoms with Crippen LogP contribution < -0.4 is 10.6 Å². The van der Waals surface area contributed by atoms with Gasteiger partial charge < -0.3 is 10.6 Å². The molecule has 4 nitrogen and oxygen atoms in total. The number of rotatable bonds is 2. The summed E-state index contributed by atoms with van der Waals surface area (Å²) in [5.41, 5.74) is 0. The zero-order valence-electron chi connectivity index (χ0n) is 9.19. The summed E-state index contributed by atoms with van der Waals surface area (Å²) in [6.45, 7) is 1.97. The maximum absolute atomic E-state index is 11.9. The molecule has 1 amide bonds. The molecule has 2 saturated heterocycles. The summed E-state index contributed by atoms with van der Waals surface area (Å²) >= 11 is 1.46. The van der Waals surface area contributed by atoms with Gasteiger partial charge in [-0.1, -0.05) is 0 Å². The van der Waals surface area contributed by atoms with E-state index in [4.69, 9.17) is 0 Å². The van der Waals surface area contributed by atoms with Gasteiger partial charge in [-0.05, 0) is 26.2 Å². The molecule has 16 heavy (non-hydrogen) atoms. The van der Waals surface area contributed by atoms with Crippen LogP contribution in [-0.4, -0.2) is 29.0 Å². The number of carbonyl (C=O) groups is 1. The molecule has 5 heteroatoms. The van der Waals surface area contributed by atoms with E-state index in [1.165, 1.54) is 24.2 Å². The van der Waals surface area contributed by atoms with Gasteiger partial charge in [0.15, 0.2) is 5.01 Å². The summed E-state index contributed by atoms with van der Waals surface area (Å²) in [5, 5.41) is 7.18. The first-order valence-electron chi connectivity index (χ1n) is 5.72. The van der Waals surface area contributed by atoms with Crippen LogP contribution in [0.4, 0.5) is 0 Å². The second-order valence-electron chi connectivity index (χ2n) is 4.64. The number of aromatic nitrogens is 1. The van der Waals surface area contributed by atoms with Crippen molar-refractivity contribution in [3.63, 3.8) is 0 Å². The Morgan fingerprint density at radius 3 is 3.06 bits per heavy atom. The van der Waals surface area contributed by atoms with Gasteiger partial charge in [0.1, 0.15) is 0 Å². The Balaban J connectivity index is 1.65. The second kappa shape index (κ2) is 3.82. The van der Waals surface area contributed by atoms with E-state index in [2.05, 4.69) is 15.6 Å². The topological polar surface area (TPSA) is 54.0 Å². The van der Waals surface area contributed by atoms with Gasteiger partial charge in [-0.25, -0.2) is 4.98 Å². The van der Waals surface area contributed by atoms with E-state index in [0.717, 1.165) is 11.3 Å². The van der Waals surface area contributed by atoms with Crippen molar-refractivity contribution in [1.82, 2.24) is 15.6 Å². The summed E-state index contributed by atoms with van der Waals surface area (Å²) in [7, 11) is 0. The average Bonchev–Trinajstić information content (AvgIpc) is 2.92. The highest BCUT2D eigenvalue weighted by molar-refractivity contribution is 7.13. The van der Waals surface area contributed by atoms with Crippen LogP contribution in [0.3, 0.4) is 0 Å². The maximum atomic E-state index is 11.9. The molecule has 2 bridgehead atoms. The predicted octanol–water partition coefficient (Wildman–Crippen LogP) is 1.07. The minimum Gasteiger partial charge on any atom is -0.346 e. The van der Waals surface area contributed by atoms with Crippen LogP contribution in [0, 0.1) is 6.92 Å². The molecule has 2 N–H and O–H groups in total. The zero-order valence-corrected chi connectivity index (χ0v) is 10.0. The monoisotopic (exact) mass is 237 g/mol. The van der Waals surface area contributed by atoms with E-state index in [-0.39, 0.29) is 5.91 Å². The number of amides is 1. The fourth-order valence-electron chi connectivity index (χ4n) is 2.67. The third-order valence-corrected chi connectivity index (χ3v) is 4.34. The molecule has 1 aromatic heterocycles. The molecule has 3 atom stereocenters. The van der Waals surface area contributed by atoms with Gasteiger partial charge in [-0.2, -0.15) is 0 Å². The number of aryl methyl sites for hydroxylation is 1. The van der Waals surface area contributed by atoms with Gasteiger partial charge in [0, 0.05) is 29.2 Å². The fourth-order valence-corrected chi connectivity index (χ4v) is 3.34. The van der Waals surface area contributed by atoms with Crippen molar-refractivity contribution in [3.05, 3.63) is 16.1 Å². The highest BCUT2D eigenvalue weighted by Gasteiger charge is 2.39. The van der Waals surface area contributed by atoms with Gasteiger partial charge in [0.25, 0.3) is 5.91 Å². The lowest BCUT2D eigenvalue weighted by Gasteiger charge is -2.20. The molecule has 0 aromatic carbocycles. The molecule has 0 radical (unpaired) electrons. The maximum Gasteiger partial charge on any atom is 0.280 e. The fraction of sp³-hybridized carbons (Fsp3) is 0.636. The lowest BCUT2D eigenvalue weighted by atomic mass is 9.95. The third-order valence-electron chi connectivity index (χ3n) is 3.43. The molecular weight excluding hydrogens is 222 g/mol. The van der Waals surface area contributed by atoms with Gasteiger partial charge in [-0.15, -0.1) is 11.3 Å². The number of hydrogen-bond acceptors (Lipinski definition) is 4. The lowest BCUT2D eigenvalue weighted by Crippen LogP contribution is -2.42. The quantitative estimate of drug-likeness (QED) is 0.809. The van der Waals surface area contributed by atoms with Crippen LogP contribution in [-0.2, 0) is 0 Å².